The monoisotopic (exact) mass is 201 g/mol. The third kappa shape index (κ3) is 10.0. The summed E-state index contributed by atoms with van der Waals surface area (Å²) in [6.45, 7) is 10.6. The van der Waals surface area contributed by atoms with Gasteiger partial charge in [-0.2, -0.15) is 5.06 Å². The average Bonchev–Trinajstić information content (AvgIpc) is 2.02. The molecule has 0 aromatic carbocycles. The number of hydroxylamine groups is 2. The molecule has 0 fully saturated rings. The number of nitrogens with zero attached hydrogens (tertiary/aromatic N) is 1. The third-order valence-corrected chi connectivity index (χ3v) is 2.40. The third-order valence-electron chi connectivity index (χ3n) is 2.40. The molecule has 0 aliphatic rings. The summed E-state index contributed by atoms with van der Waals surface area (Å²) in [5.74, 6) is 1.50. The van der Waals surface area contributed by atoms with Crippen molar-refractivity contribution in [2.45, 2.75) is 53.4 Å². The number of rotatable bonds is 8. The Bertz CT molecular complexity index is 109. The topological polar surface area (TPSA) is 23.5 Å². The van der Waals surface area contributed by atoms with Crippen LogP contribution in [0, 0.1) is 11.8 Å². The quantitative estimate of drug-likeness (QED) is 0.607. The van der Waals surface area contributed by atoms with Gasteiger partial charge in [0.05, 0.1) is 0 Å². The summed E-state index contributed by atoms with van der Waals surface area (Å²) < 4.78 is 0. The van der Waals surface area contributed by atoms with E-state index in [0.29, 0.717) is 0 Å². The molecule has 0 aliphatic heterocycles. The lowest BCUT2D eigenvalue weighted by Crippen LogP contribution is -2.22. The van der Waals surface area contributed by atoms with Crippen LogP contribution in [0.4, 0.5) is 0 Å². The Kier molecular flexibility index (Phi) is 8.20. The van der Waals surface area contributed by atoms with Crippen molar-refractivity contribution in [3.05, 3.63) is 0 Å². The molecule has 0 heterocycles. The summed E-state index contributed by atoms with van der Waals surface area (Å²) >= 11 is 0. The summed E-state index contributed by atoms with van der Waals surface area (Å²) in [6, 6.07) is 0. The van der Waals surface area contributed by atoms with E-state index in [1.54, 1.807) is 0 Å². The van der Waals surface area contributed by atoms with Gasteiger partial charge >= 0.3 is 0 Å². The van der Waals surface area contributed by atoms with Gasteiger partial charge in [0.1, 0.15) is 0 Å². The highest BCUT2D eigenvalue weighted by molar-refractivity contribution is 4.52. The van der Waals surface area contributed by atoms with E-state index in [4.69, 9.17) is 0 Å². The van der Waals surface area contributed by atoms with Crippen LogP contribution in [-0.2, 0) is 0 Å². The van der Waals surface area contributed by atoms with Crippen LogP contribution in [0.5, 0.6) is 0 Å². The zero-order valence-corrected chi connectivity index (χ0v) is 10.3. The van der Waals surface area contributed by atoms with Gasteiger partial charge in [0.25, 0.3) is 0 Å². The fourth-order valence-corrected chi connectivity index (χ4v) is 1.48. The van der Waals surface area contributed by atoms with Gasteiger partial charge in [0.15, 0.2) is 0 Å². The van der Waals surface area contributed by atoms with Crippen LogP contribution in [0.15, 0.2) is 0 Å². The number of hydrogen-bond acceptors (Lipinski definition) is 2. The van der Waals surface area contributed by atoms with E-state index < -0.39 is 0 Å². The lowest BCUT2D eigenvalue weighted by atomic mass is 10.1. The summed E-state index contributed by atoms with van der Waals surface area (Å²) in [5.41, 5.74) is 0. The second-order valence-corrected chi connectivity index (χ2v) is 5.03. The van der Waals surface area contributed by atoms with Crippen molar-refractivity contribution < 1.29 is 5.21 Å². The van der Waals surface area contributed by atoms with Gasteiger partial charge in [-0.3, -0.25) is 0 Å². The van der Waals surface area contributed by atoms with Gasteiger partial charge in [0, 0.05) is 13.1 Å². The first-order chi connectivity index (χ1) is 6.52. The van der Waals surface area contributed by atoms with Crippen LogP contribution in [0.2, 0.25) is 0 Å². The molecule has 0 aromatic heterocycles. The van der Waals surface area contributed by atoms with Crippen molar-refractivity contribution in [1.29, 1.82) is 0 Å². The van der Waals surface area contributed by atoms with Gasteiger partial charge in [-0.05, 0) is 37.5 Å². The molecule has 1 N–H and O–H groups in total. The lowest BCUT2D eigenvalue weighted by molar-refractivity contribution is -0.0931. The molecule has 0 aromatic rings. The first-order valence-corrected chi connectivity index (χ1v) is 5.96. The van der Waals surface area contributed by atoms with Gasteiger partial charge in [-0.25, -0.2) is 0 Å². The van der Waals surface area contributed by atoms with Gasteiger partial charge in [-0.15, -0.1) is 0 Å². The van der Waals surface area contributed by atoms with E-state index in [0.717, 1.165) is 37.8 Å². The lowest BCUT2D eigenvalue weighted by Gasteiger charge is -2.15. The molecule has 0 bridgehead atoms. The maximum Gasteiger partial charge on any atom is 0.0238 e. The average molecular weight is 201 g/mol. The van der Waals surface area contributed by atoms with E-state index >= 15 is 0 Å². The van der Waals surface area contributed by atoms with Crippen LogP contribution < -0.4 is 0 Å². The molecular weight excluding hydrogens is 174 g/mol. The fraction of sp³-hybridized carbons (Fsp3) is 1.00. The molecule has 0 amide bonds. The molecule has 0 spiro atoms. The van der Waals surface area contributed by atoms with Crippen LogP contribution in [-0.4, -0.2) is 23.4 Å². The van der Waals surface area contributed by atoms with Crippen LogP contribution in [0.25, 0.3) is 0 Å². The predicted molar refractivity (Wildman–Crippen MR) is 61.5 cm³/mol. The highest BCUT2D eigenvalue weighted by Crippen LogP contribution is 2.06. The van der Waals surface area contributed by atoms with Crippen molar-refractivity contribution in [1.82, 2.24) is 5.06 Å². The Hall–Kier alpha value is -0.0800. The largest absolute Gasteiger partial charge is 0.314 e. The van der Waals surface area contributed by atoms with E-state index in [2.05, 4.69) is 27.7 Å². The summed E-state index contributed by atoms with van der Waals surface area (Å²) in [7, 11) is 0. The normalized spacial score (nSPS) is 12.0. The van der Waals surface area contributed by atoms with Crippen LogP contribution in [0.1, 0.15) is 53.4 Å². The second kappa shape index (κ2) is 8.25. The smallest absolute Gasteiger partial charge is 0.0238 e. The van der Waals surface area contributed by atoms with E-state index in [1.807, 2.05) is 0 Å². The molecule has 14 heavy (non-hydrogen) atoms. The summed E-state index contributed by atoms with van der Waals surface area (Å²) in [4.78, 5) is 0. The van der Waals surface area contributed by atoms with Crippen molar-refractivity contribution in [2.24, 2.45) is 11.8 Å². The molecule has 2 heteroatoms. The first kappa shape index (κ1) is 13.9. The Labute approximate surface area is 89.3 Å². The minimum Gasteiger partial charge on any atom is -0.314 e. The second-order valence-electron chi connectivity index (χ2n) is 5.03. The highest BCUT2D eigenvalue weighted by atomic mass is 16.5. The van der Waals surface area contributed by atoms with Crippen LogP contribution >= 0.6 is 0 Å². The molecule has 2 nitrogen and oxygen atoms in total. The molecule has 0 radical (unpaired) electrons. The molecule has 0 aliphatic carbocycles. The molecule has 0 saturated heterocycles. The van der Waals surface area contributed by atoms with Crippen molar-refractivity contribution >= 4 is 0 Å². The standard InChI is InChI=1S/C12H27NO/c1-11(2)7-5-9-13(14)10-6-8-12(3)4/h11-12,14H,5-10H2,1-4H3. The Balaban J connectivity index is 3.23. The highest BCUT2D eigenvalue weighted by Gasteiger charge is 2.02. The van der Waals surface area contributed by atoms with Crippen molar-refractivity contribution in [2.75, 3.05) is 13.1 Å². The minimum atomic E-state index is 0.749. The van der Waals surface area contributed by atoms with Gasteiger partial charge < -0.3 is 5.21 Å². The van der Waals surface area contributed by atoms with E-state index in [9.17, 15) is 5.21 Å². The molecule has 0 rings (SSSR count). The fourth-order valence-electron chi connectivity index (χ4n) is 1.48. The van der Waals surface area contributed by atoms with Crippen molar-refractivity contribution in [3.63, 3.8) is 0 Å². The van der Waals surface area contributed by atoms with Crippen molar-refractivity contribution in [3.8, 4) is 0 Å². The number of hydrogen-bond donors (Lipinski definition) is 1. The zero-order chi connectivity index (χ0) is 11.0. The predicted octanol–water partition coefficient (Wildman–Crippen LogP) is 3.55. The molecule has 0 saturated carbocycles. The molecule has 86 valence electrons. The summed E-state index contributed by atoms with van der Waals surface area (Å²) in [5, 5.41) is 11.0. The molecule has 0 atom stereocenters. The zero-order valence-electron chi connectivity index (χ0n) is 10.3. The van der Waals surface area contributed by atoms with Gasteiger partial charge in [-0.1, -0.05) is 27.7 Å². The Morgan fingerprint density at radius 2 is 1.21 bits per heavy atom. The van der Waals surface area contributed by atoms with E-state index in [-0.39, 0.29) is 0 Å². The molecular formula is C12H27NO. The summed E-state index contributed by atoms with van der Waals surface area (Å²) in [6.07, 6.45) is 4.63. The van der Waals surface area contributed by atoms with E-state index in [1.165, 1.54) is 17.9 Å². The Morgan fingerprint density at radius 1 is 0.857 bits per heavy atom. The van der Waals surface area contributed by atoms with Gasteiger partial charge in [0.2, 0.25) is 0 Å². The first-order valence-electron chi connectivity index (χ1n) is 5.96. The Morgan fingerprint density at radius 3 is 1.50 bits per heavy atom. The SMILES string of the molecule is CC(C)CCCN(O)CCCC(C)C. The maximum absolute atomic E-state index is 9.51. The molecule has 0 unspecified atom stereocenters. The minimum absolute atomic E-state index is 0.749. The van der Waals surface area contributed by atoms with Crippen LogP contribution in [0.3, 0.4) is 0 Å². The maximum atomic E-state index is 9.51.